The van der Waals surface area contributed by atoms with Crippen LogP contribution in [0.2, 0.25) is 0 Å². The summed E-state index contributed by atoms with van der Waals surface area (Å²) in [5.74, 6) is 0.550. The molecule has 33 heavy (non-hydrogen) atoms. The topological polar surface area (TPSA) is 68.0 Å². The van der Waals surface area contributed by atoms with Crippen molar-refractivity contribution in [1.82, 2.24) is 14.5 Å². The standard InChI is InChI=1S/C28H23N3O2/c32-25-14-8-7-13-22(25)27-30-23-15-17-29-24(19-21-11-5-2-6-12-21)26(23)28(33)31(27)18-16-20-9-3-1-4-10-20/h1-15,17,32H,16,18-19H2. The Morgan fingerprint density at radius 1 is 0.788 bits per heavy atom. The summed E-state index contributed by atoms with van der Waals surface area (Å²) in [4.78, 5) is 23.3. The van der Waals surface area contributed by atoms with Crippen molar-refractivity contribution < 1.29 is 5.11 Å². The highest BCUT2D eigenvalue weighted by atomic mass is 16.3. The van der Waals surface area contributed by atoms with Crippen molar-refractivity contribution in [1.29, 1.82) is 0 Å². The van der Waals surface area contributed by atoms with Crippen molar-refractivity contribution in [3.05, 3.63) is 124 Å². The monoisotopic (exact) mass is 433 g/mol. The van der Waals surface area contributed by atoms with Crippen LogP contribution in [0, 0.1) is 0 Å². The van der Waals surface area contributed by atoms with Crippen LogP contribution in [0.3, 0.4) is 0 Å². The lowest BCUT2D eigenvalue weighted by Gasteiger charge is -2.16. The highest BCUT2D eigenvalue weighted by molar-refractivity contribution is 5.82. The summed E-state index contributed by atoms with van der Waals surface area (Å²) in [6.45, 7) is 0.440. The van der Waals surface area contributed by atoms with Crippen molar-refractivity contribution in [3.8, 4) is 17.1 Å². The third kappa shape index (κ3) is 4.26. The third-order valence-electron chi connectivity index (χ3n) is 5.77. The summed E-state index contributed by atoms with van der Waals surface area (Å²) in [5.41, 5.74) is 3.88. The van der Waals surface area contributed by atoms with Gasteiger partial charge in [0.05, 0.1) is 22.2 Å². The molecule has 5 aromatic rings. The van der Waals surface area contributed by atoms with E-state index >= 15 is 0 Å². The molecule has 0 unspecified atom stereocenters. The van der Waals surface area contributed by atoms with Gasteiger partial charge in [-0.15, -0.1) is 0 Å². The van der Waals surface area contributed by atoms with Gasteiger partial charge < -0.3 is 5.11 Å². The number of aromatic nitrogens is 3. The molecule has 1 N–H and O–H groups in total. The van der Waals surface area contributed by atoms with Crippen LogP contribution in [0.1, 0.15) is 16.8 Å². The summed E-state index contributed by atoms with van der Waals surface area (Å²) in [5, 5.41) is 11.0. The van der Waals surface area contributed by atoms with Gasteiger partial charge >= 0.3 is 0 Å². The van der Waals surface area contributed by atoms with E-state index in [2.05, 4.69) is 4.98 Å². The van der Waals surface area contributed by atoms with Gasteiger partial charge in [-0.05, 0) is 35.7 Å². The first-order chi connectivity index (χ1) is 16.2. The Morgan fingerprint density at radius 2 is 1.45 bits per heavy atom. The quantitative estimate of drug-likeness (QED) is 0.409. The zero-order valence-corrected chi connectivity index (χ0v) is 18.1. The van der Waals surface area contributed by atoms with Crippen LogP contribution in [0.5, 0.6) is 5.75 Å². The average Bonchev–Trinajstić information content (AvgIpc) is 2.85. The fraction of sp³-hybridized carbons (Fsp3) is 0.107. The lowest BCUT2D eigenvalue weighted by Crippen LogP contribution is -2.26. The molecule has 0 bridgehead atoms. The van der Waals surface area contributed by atoms with Crippen molar-refractivity contribution in [3.63, 3.8) is 0 Å². The van der Waals surface area contributed by atoms with Crippen molar-refractivity contribution >= 4 is 10.9 Å². The van der Waals surface area contributed by atoms with E-state index in [9.17, 15) is 9.90 Å². The maximum absolute atomic E-state index is 13.9. The molecular weight excluding hydrogens is 410 g/mol. The number of pyridine rings is 1. The van der Waals surface area contributed by atoms with Gasteiger partial charge in [-0.1, -0.05) is 72.8 Å². The van der Waals surface area contributed by atoms with E-state index in [1.54, 1.807) is 35.0 Å². The number of aromatic hydroxyl groups is 1. The Hall–Kier alpha value is -4.25. The van der Waals surface area contributed by atoms with E-state index in [-0.39, 0.29) is 11.3 Å². The molecule has 0 radical (unpaired) electrons. The summed E-state index contributed by atoms with van der Waals surface area (Å²) >= 11 is 0. The predicted molar refractivity (Wildman–Crippen MR) is 130 cm³/mol. The minimum Gasteiger partial charge on any atom is -0.507 e. The Labute approximate surface area is 191 Å². The van der Waals surface area contributed by atoms with Gasteiger partial charge in [-0.3, -0.25) is 14.3 Å². The molecule has 5 heteroatoms. The highest BCUT2D eigenvalue weighted by Crippen LogP contribution is 2.28. The molecule has 0 saturated heterocycles. The van der Waals surface area contributed by atoms with Crippen LogP contribution >= 0.6 is 0 Å². The lowest BCUT2D eigenvalue weighted by molar-refractivity contribution is 0.476. The summed E-state index contributed by atoms with van der Waals surface area (Å²) < 4.78 is 1.67. The minimum atomic E-state index is -0.145. The summed E-state index contributed by atoms with van der Waals surface area (Å²) in [6, 6.07) is 28.8. The first-order valence-corrected chi connectivity index (χ1v) is 11.0. The van der Waals surface area contributed by atoms with Crippen LogP contribution in [0.4, 0.5) is 0 Å². The van der Waals surface area contributed by atoms with Crippen LogP contribution in [0.25, 0.3) is 22.3 Å². The first kappa shape index (κ1) is 20.6. The van der Waals surface area contributed by atoms with Crippen LogP contribution in [-0.4, -0.2) is 19.6 Å². The number of nitrogens with zero attached hydrogens (tertiary/aromatic N) is 3. The maximum Gasteiger partial charge on any atom is 0.263 e. The Bertz CT molecular complexity index is 1460. The summed E-state index contributed by atoms with van der Waals surface area (Å²) in [6.07, 6.45) is 2.91. The molecule has 0 spiro atoms. The Morgan fingerprint density at radius 3 is 2.18 bits per heavy atom. The van der Waals surface area contributed by atoms with Gasteiger partial charge in [-0.25, -0.2) is 4.98 Å². The number of rotatable bonds is 6. The molecule has 162 valence electrons. The zero-order chi connectivity index (χ0) is 22.6. The minimum absolute atomic E-state index is 0.0933. The Kier molecular flexibility index (Phi) is 5.68. The third-order valence-corrected chi connectivity index (χ3v) is 5.77. The molecule has 2 heterocycles. The second-order valence-corrected chi connectivity index (χ2v) is 7.96. The number of para-hydroxylation sites is 1. The first-order valence-electron chi connectivity index (χ1n) is 11.0. The number of benzene rings is 3. The van der Waals surface area contributed by atoms with E-state index in [4.69, 9.17) is 4.98 Å². The lowest BCUT2D eigenvalue weighted by atomic mass is 10.1. The molecule has 3 aromatic carbocycles. The van der Waals surface area contributed by atoms with Gasteiger partial charge in [0.2, 0.25) is 0 Å². The molecule has 0 amide bonds. The number of phenolic OH excluding ortho intramolecular Hbond substituents is 1. The van der Waals surface area contributed by atoms with Gasteiger partial charge in [0.15, 0.2) is 0 Å². The molecular formula is C28H23N3O2. The molecule has 0 fully saturated rings. The summed E-state index contributed by atoms with van der Waals surface area (Å²) in [7, 11) is 0. The van der Waals surface area contributed by atoms with E-state index in [0.717, 1.165) is 11.1 Å². The second kappa shape index (κ2) is 9.09. The molecule has 0 atom stereocenters. The molecule has 0 aliphatic carbocycles. The van der Waals surface area contributed by atoms with Gasteiger partial charge in [0, 0.05) is 19.2 Å². The van der Waals surface area contributed by atoms with Gasteiger partial charge in [-0.2, -0.15) is 0 Å². The smallest absolute Gasteiger partial charge is 0.263 e. The number of hydrogen-bond donors (Lipinski definition) is 1. The van der Waals surface area contributed by atoms with Crippen molar-refractivity contribution in [2.24, 2.45) is 0 Å². The molecule has 0 saturated carbocycles. The van der Waals surface area contributed by atoms with Gasteiger partial charge in [0.1, 0.15) is 11.6 Å². The fourth-order valence-corrected chi connectivity index (χ4v) is 4.11. The Balaban J connectivity index is 1.68. The molecule has 2 aromatic heterocycles. The van der Waals surface area contributed by atoms with E-state index in [1.165, 1.54) is 0 Å². The zero-order valence-electron chi connectivity index (χ0n) is 18.1. The highest BCUT2D eigenvalue weighted by Gasteiger charge is 2.18. The maximum atomic E-state index is 13.9. The molecule has 5 nitrogen and oxygen atoms in total. The van der Waals surface area contributed by atoms with Crippen molar-refractivity contribution in [2.75, 3.05) is 0 Å². The second-order valence-electron chi connectivity index (χ2n) is 7.96. The normalized spacial score (nSPS) is 11.0. The molecule has 5 rings (SSSR count). The molecule has 0 aliphatic rings. The number of aryl methyl sites for hydroxylation is 1. The molecule has 0 aliphatic heterocycles. The van der Waals surface area contributed by atoms with E-state index < -0.39 is 0 Å². The SMILES string of the molecule is O=c1c2c(Cc3ccccc3)nccc2nc(-c2ccccc2O)n1CCc1ccccc1. The number of fused-ring (bicyclic) bond motifs is 1. The van der Waals surface area contributed by atoms with E-state index in [1.807, 2.05) is 66.7 Å². The van der Waals surface area contributed by atoms with Gasteiger partial charge in [0.25, 0.3) is 5.56 Å². The van der Waals surface area contributed by atoms with Crippen LogP contribution in [0.15, 0.2) is 102 Å². The van der Waals surface area contributed by atoms with E-state index in [0.29, 0.717) is 47.4 Å². The van der Waals surface area contributed by atoms with Crippen molar-refractivity contribution in [2.45, 2.75) is 19.4 Å². The van der Waals surface area contributed by atoms with Crippen LogP contribution < -0.4 is 5.56 Å². The number of hydrogen-bond acceptors (Lipinski definition) is 4. The fourth-order valence-electron chi connectivity index (χ4n) is 4.11. The predicted octanol–water partition coefficient (Wildman–Crippen LogP) is 5.00. The largest absolute Gasteiger partial charge is 0.507 e. The average molecular weight is 434 g/mol. The van der Waals surface area contributed by atoms with Crippen LogP contribution in [-0.2, 0) is 19.4 Å². The number of phenols is 1.